The highest BCUT2D eigenvalue weighted by Gasteiger charge is 2.34. The van der Waals surface area contributed by atoms with Gasteiger partial charge in [-0.1, -0.05) is 0 Å². The molecular weight excluding hydrogens is 234 g/mol. The average molecular weight is 245 g/mol. The lowest BCUT2D eigenvalue weighted by atomic mass is 10.3. The van der Waals surface area contributed by atoms with Gasteiger partial charge in [-0.2, -0.15) is 12.8 Å². The van der Waals surface area contributed by atoms with Crippen molar-refractivity contribution in [3.05, 3.63) is 10.6 Å². The number of carbonyl (C=O) groups excluding carboxylic acids is 1. The first-order valence-electron chi connectivity index (χ1n) is 4.69. The highest BCUT2D eigenvalue weighted by Crippen LogP contribution is 2.19. The van der Waals surface area contributed by atoms with Crippen LogP contribution >= 0.6 is 0 Å². The fourth-order valence-electron chi connectivity index (χ4n) is 1.53. The van der Waals surface area contributed by atoms with Crippen molar-refractivity contribution in [2.75, 3.05) is 26.3 Å². The first kappa shape index (κ1) is 11.1. The zero-order chi connectivity index (χ0) is 11.8. The molecule has 0 aromatic rings. The zero-order valence-electron chi connectivity index (χ0n) is 8.42. The van der Waals surface area contributed by atoms with Crippen LogP contribution in [-0.2, 0) is 19.6 Å². The van der Waals surface area contributed by atoms with Crippen LogP contribution in [0.25, 0.3) is 0 Å². The van der Waals surface area contributed by atoms with Crippen molar-refractivity contribution in [1.29, 1.82) is 0 Å². The summed E-state index contributed by atoms with van der Waals surface area (Å²) in [5.41, 5.74) is 5.33. The molecule has 2 aliphatic heterocycles. The van der Waals surface area contributed by atoms with E-state index in [1.165, 1.54) is 4.90 Å². The number of morpholine rings is 1. The van der Waals surface area contributed by atoms with Gasteiger partial charge in [-0.25, -0.2) is 0 Å². The largest absolute Gasteiger partial charge is 0.396 e. The summed E-state index contributed by atoms with van der Waals surface area (Å²) in [6.07, 6.45) is 0.989. The Morgan fingerprint density at radius 1 is 1.44 bits per heavy atom. The Kier molecular flexibility index (Phi) is 2.68. The normalized spacial score (nSPS) is 23.9. The molecule has 0 unspecified atom stereocenters. The van der Waals surface area contributed by atoms with Crippen LogP contribution in [0.15, 0.2) is 15.0 Å². The second-order valence-corrected chi connectivity index (χ2v) is 4.97. The third-order valence-corrected chi connectivity index (χ3v) is 3.65. The summed E-state index contributed by atoms with van der Waals surface area (Å²) in [5.74, 6) is -0.599. The Hall–Kier alpha value is -1.41. The van der Waals surface area contributed by atoms with E-state index in [1.54, 1.807) is 0 Å². The van der Waals surface area contributed by atoms with Gasteiger partial charge >= 0.3 is 0 Å². The molecule has 16 heavy (non-hydrogen) atoms. The second-order valence-electron chi connectivity index (χ2n) is 3.40. The molecule has 2 heterocycles. The minimum atomic E-state index is -3.89. The van der Waals surface area contributed by atoms with Gasteiger partial charge in [0.15, 0.2) is 4.91 Å². The molecule has 0 spiro atoms. The van der Waals surface area contributed by atoms with E-state index < -0.39 is 20.8 Å². The Balaban J connectivity index is 2.26. The Morgan fingerprint density at radius 2 is 2.06 bits per heavy atom. The predicted octanol–water partition coefficient (Wildman–Crippen LogP) is -1.57. The number of nitrogens with zero attached hydrogens (tertiary/aromatic N) is 2. The molecule has 2 aliphatic rings. The van der Waals surface area contributed by atoms with E-state index in [0.29, 0.717) is 26.3 Å². The van der Waals surface area contributed by atoms with Crippen molar-refractivity contribution in [1.82, 2.24) is 4.90 Å². The predicted molar refractivity (Wildman–Crippen MR) is 56.0 cm³/mol. The van der Waals surface area contributed by atoms with Crippen molar-refractivity contribution >= 4 is 22.1 Å². The third-order valence-electron chi connectivity index (χ3n) is 2.34. The smallest absolute Gasteiger partial charge is 0.289 e. The summed E-state index contributed by atoms with van der Waals surface area (Å²) in [5, 5.41) is 0. The molecule has 7 nitrogen and oxygen atoms in total. The van der Waals surface area contributed by atoms with Gasteiger partial charge in [-0.3, -0.25) is 4.79 Å². The molecular formula is C8H11N3O4S. The maximum absolute atomic E-state index is 11.9. The van der Waals surface area contributed by atoms with E-state index in [-0.39, 0.29) is 5.70 Å². The third kappa shape index (κ3) is 1.81. The molecule has 0 bridgehead atoms. The molecule has 0 aromatic heterocycles. The van der Waals surface area contributed by atoms with Gasteiger partial charge in [-0.15, -0.1) is 0 Å². The molecule has 0 aliphatic carbocycles. The fraction of sp³-hybridized carbons (Fsp3) is 0.500. The van der Waals surface area contributed by atoms with Crippen LogP contribution in [0.5, 0.6) is 0 Å². The van der Waals surface area contributed by atoms with Crippen LogP contribution in [-0.4, -0.2) is 51.7 Å². The summed E-state index contributed by atoms with van der Waals surface area (Å²) in [7, 11) is -3.89. The molecule has 1 fully saturated rings. The Morgan fingerprint density at radius 3 is 2.56 bits per heavy atom. The number of hydrogen-bond acceptors (Lipinski definition) is 5. The summed E-state index contributed by atoms with van der Waals surface area (Å²) in [6, 6.07) is 0. The number of hydrogen-bond donors (Lipinski definition) is 1. The van der Waals surface area contributed by atoms with Crippen molar-refractivity contribution in [3.63, 3.8) is 0 Å². The minimum Gasteiger partial charge on any atom is -0.396 e. The maximum atomic E-state index is 11.9. The molecule has 0 saturated carbocycles. The van der Waals surface area contributed by atoms with Crippen LogP contribution in [0.1, 0.15) is 0 Å². The lowest BCUT2D eigenvalue weighted by Gasteiger charge is -2.26. The van der Waals surface area contributed by atoms with Crippen LogP contribution in [0, 0.1) is 0 Å². The molecule has 0 atom stereocenters. The summed E-state index contributed by atoms with van der Waals surface area (Å²) in [4.78, 5) is 12.9. The van der Waals surface area contributed by atoms with Gasteiger partial charge in [0, 0.05) is 13.1 Å². The summed E-state index contributed by atoms with van der Waals surface area (Å²) >= 11 is 0. The summed E-state index contributed by atoms with van der Waals surface area (Å²) < 4.78 is 31.2. The minimum absolute atomic E-state index is 0.100. The van der Waals surface area contributed by atoms with Crippen LogP contribution in [0.2, 0.25) is 0 Å². The van der Waals surface area contributed by atoms with E-state index in [9.17, 15) is 13.2 Å². The SMILES string of the molecule is NC1=C(C(=O)N2CCOCC2)S(=O)(=O)N=C1. The number of amides is 1. The van der Waals surface area contributed by atoms with Gasteiger partial charge in [-0.05, 0) is 0 Å². The van der Waals surface area contributed by atoms with Gasteiger partial charge in [0.05, 0.1) is 25.1 Å². The Bertz CT molecular complexity index is 474. The van der Waals surface area contributed by atoms with Crippen LogP contribution < -0.4 is 5.73 Å². The van der Waals surface area contributed by atoms with Crippen molar-refractivity contribution in [3.8, 4) is 0 Å². The number of sulfonamides is 1. The standard InChI is InChI=1S/C8H11N3O4S/c9-6-5-10-16(13,14)7(6)8(12)11-1-3-15-4-2-11/h5H,1-4,9H2. The second kappa shape index (κ2) is 3.87. The first-order chi connectivity index (χ1) is 7.52. The highest BCUT2D eigenvalue weighted by atomic mass is 32.2. The average Bonchev–Trinajstić information content (AvgIpc) is 2.53. The van der Waals surface area contributed by atoms with Gasteiger partial charge in [0.1, 0.15) is 0 Å². The van der Waals surface area contributed by atoms with E-state index >= 15 is 0 Å². The molecule has 1 saturated heterocycles. The molecule has 2 N–H and O–H groups in total. The lowest BCUT2D eigenvalue weighted by molar-refractivity contribution is -0.130. The van der Waals surface area contributed by atoms with Crippen LogP contribution in [0.4, 0.5) is 0 Å². The lowest BCUT2D eigenvalue weighted by Crippen LogP contribution is -2.42. The number of rotatable bonds is 1. The van der Waals surface area contributed by atoms with Gasteiger partial charge in [0.2, 0.25) is 0 Å². The molecule has 0 aromatic carbocycles. The van der Waals surface area contributed by atoms with E-state index in [1.807, 2.05) is 0 Å². The number of nitrogens with two attached hydrogens (primary N) is 1. The first-order valence-corrected chi connectivity index (χ1v) is 6.13. The van der Waals surface area contributed by atoms with Crippen molar-refractivity contribution in [2.45, 2.75) is 0 Å². The Labute approximate surface area is 92.6 Å². The molecule has 2 rings (SSSR count). The monoisotopic (exact) mass is 245 g/mol. The summed E-state index contributed by atoms with van der Waals surface area (Å²) in [6.45, 7) is 1.54. The van der Waals surface area contributed by atoms with Crippen LogP contribution in [0.3, 0.4) is 0 Å². The highest BCUT2D eigenvalue weighted by molar-refractivity contribution is 7.95. The van der Waals surface area contributed by atoms with E-state index in [0.717, 1.165) is 6.21 Å². The zero-order valence-corrected chi connectivity index (χ0v) is 9.24. The molecule has 0 radical (unpaired) electrons. The molecule has 88 valence electrons. The number of carbonyl (C=O) groups is 1. The van der Waals surface area contributed by atoms with Crippen molar-refractivity contribution in [2.24, 2.45) is 10.1 Å². The molecule has 1 amide bonds. The fourth-order valence-corrected chi connectivity index (χ4v) is 2.59. The number of ether oxygens (including phenoxy) is 1. The van der Waals surface area contributed by atoms with E-state index in [4.69, 9.17) is 10.5 Å². The number of allylic oxidation sites excluding steroid dienone is 1. The quantitative estimate of drug-likeness (QED) is 0.601. The van der Waals surface area contributed by atoms with Crippen molar-refractivity contribution < 1.29 is 17.9 Å². The maximum Gasteiger partial charge on any atom is 0.289 e. The van der Waals surface area contributed by atoms with E-state index in [2.05, 4.69) is 4.40 Å². The molecule has 8 heteroatoms. The van der Waals surface area contributed by atoms with Gasteiger partial charge in [0.25, 0.3) is 15.9 Å². The topological polar surface area (TPSA) is 102 Å². The van der Waals surface area contributed by atoms with Gasteiger partial charge < -0.3 is 15.4 Å².